The van der Waals surface area contributed by atoms with Crippen molar-refractivity contribution in [3.63, 3.8) is 0 Å². The van der Waals surface area contributed by atoms with E-state index in [1.165, 1.54) is 38.5 Å². The van der Waals surface area contributed by atoms with E-state index in [0.29, 0.717) is 17.5 Å². The van der Waals surface area contributed by atoms with Crippen LogP contribution in [-0.4, -0.2) is 18.6 Å². The molecule has 0 aromatic heterocycles. The maximum Gasteiger partial charge on any atom is 0.0219 e. The van der Waals surface area contributed by atoms with Crippen LogP contribution in [0.15, 0.2) is 0 Å². The molecule has 2 atom stereocenters. The van der Waals surface area contributed by atoms with Crippen molar-refractivity contribution in [2.45, 2.75) is 71.4 Å². The van der Waals surface area contributed by atoms with Crippen LogP contribution in [-0.2, 0) is 0 Å². The molecule has 1 rings (SSSR count). The zero-order valence-electron chi connectivity index (χ0n) is 10.7. The highest BCUT2D eigenvalue weighted by Crippen LogP contribution is 2.23. The van der Waals surface area contributed by atoms with E-state index in [9.17, 15) is 0 Å². The van der Waals surface area contributed by atoms with Gasteiger partial charge in [-0.25, -0.2) is 0 Å². The topological polar surface area (TPSA) is 38.0 Å². The van der Waals surface area contributed by atoms with Crippen molar-refractivity contribution in [1.82, 2.24) is 5.32 Å². The molecule has 2 heteroatoms. The lowest BCUT2D eigenvalue weighted by molar-refractivity contribution is 0.255. The fraction of sp³-hybridized carbons (Fsp3) is 1.00. The predicted octanol–water partition coefficient (Wildman–Crippen LogP) is 2.67. The molecule has 0 radical (unpaired) electrons. The van der Waals surface area contributed by atoms with Gasteiger partial charge in [-0.2, -0.15) is 0 Å². The highest BCUT2D eigenvalue weighted by Gasteiger charge is 2.24. The third-order valence-corrected chi connectivity index (χ3v) is 3.59. The van der Waals surface area contributed by atoms with Crippen LogP contribution in [0.1, 0.15) is 59.3 Å². The van der Waals surface area contributed by atoms with Crippen LogP contribution in [0.25, 0.3) is 0 Å². The first-order valence-electron chi connectivity index (χ1n) is 6.54. The van der Waals surface area contributed by atoms with Gasteiger partial charge in [-0.3, -0.25) is 0 Å². The van der Waals surface area contributed by atoms with Gasteiger partial charge in [-0.15, -0.1) is 0 Å². The summed E-state index contributed by atoms with van der Waals surface area (Å²) in [6.45, 7) is 8.06. The maximum absolute atomic E-state index is 6.12. The number of rotatable bonds is 5. The van der Waals surface area contributed by atoms with Crippen LogP contribution in [0.5, 0.6) is 0 Å². The lowest BCUT2D eigenvalue weighted by Crippen LogP contribution is -2.49. The van der Waals surface area contributed by atoms with E-state index < -0.39 is 0 Å². The Labute approximate surface area is 95.0 Å². The van der Waals surface area contributed by atoms with Crippen molar-refractivity contribution in [1.29, 1.82) is 0 Å². The van der Waals surface area contributed by atoms with Crippen LogP contribution >= 0.6 is 0 Å². The van der Waals surface area contributed by atoms with E-state index in [1.807, 2.05) is 0 Å². The van der Waals surface area contributed by atoms with Gasteiger partial charge in [0, 0.05) is 18.6 Å². The van der Waals surface area contributed by atoms with E-state index in [-0.39, 0.29) is 0 Å². The first-order valence-corrected chi connectivity index (χ1v) is 6.54. The van der Waals surface area contributed by atoms with E-state index in [2.05, 4.69) is 26.1 Å². The molecule has 0 bridgehead atoms. The summed E-state index contributed by atoms with van der Waals surface area (Å²) >= 11 is 0. The summed E-state index contributed by atoms with van der Waals surface area (Å²) < 4.78 is 0. The molecule has 0 aromatic carbocycles. The molecule has 3 N–H and O–H groups in total. The van der Waals surface area contributed by atoms with Crippen LogP contribution < -0.4 is 11.1 Å². The second-order valence-electron chi connectivity index (χ2n) is 5.85. The number of hydrogen-bond donors (Lipinski definition) is 2. The van der Waals surface area contributed by atoms with Crippen LogP contribution in [0, 0.1) is 5.41 Å². The molecule has 0 amide bonds. The van der Waals surface area contributed by atoms with Gasteiger partial charge in [0.1, 0.15) is 0 Å². The minimum Gasteiger partial charge on any atom is -0.326 e. The van der Waals surface area contributed by atoms with Crippen molar-refractivity contribution >= 4 is 0 Å². The van der Waals surface area contributed by atoms with E-state index >= 15 is 0 Å². The van der Waals surface area contributed by atoms with E-state index in [0.717, 1.165) is 6.54 Å². The molecule has 0 aliphatic heterocycles. The highest BCUT2D eigenvalue weighted by atomic mass is 15.0. The number of hydrogen-bond acceptors (Lipinski definition) is 2. The number of nitrogens with one attached hydrogen (secondary N) is 1. The van der Waals surface area contributed by atoms with Gasteiger partial charge in [0.2, 0.25) is 0 Å². The zero-order valence-corrected chi connectivity index (χ0v) is 10.7. The number of nitrogens with two attached hydrogens (primary N) is 1. The normalized spacial score (nSPS) is 28.0. The molecule has 1 saturated carbocycles. The smallest absolute Gasteiger partial charge is 0.0219 e. The molecule has 2 unspecified atom stereocenters. The molecule has 0 spiro atoms. The van der Waals surface area contributed by atoms with Gasteiger partial charge in [0.15, 0.2) is 0 Å². The van der Waals surface area contributed by atoms with Gasteiger partial charge in [0.25, 0.3) is 0 Å². The summed E-state index contributed by atoms with van der Waals surface area (Å²) in [5, 5.41) is 3.67. The van der Waals surface area contributed by atoms with Crippen molar-refractivity contribution in [2.24, 2.45) is 11.1 Å². The summed E-state index contributed by atoms with van der Waals surface area (Å²) in [5.41, 5.74) is 6.54. The zero-order chi connectivity index (χ0) is 11.3. The molecule has 2 nitrogen and oxygen atoms in total. The molecular weight excluding hydrogens is 184 g/mol. The van der Waals surface area contributed by atoms with Crippen molar-refractivity contribution in [3.8, 4) is 0 Å². The molecule has 0 aromatic rings. The second-order valence-corrected chi connectivity index (χ2v) is 5.85. The summed E-state index contributed by atoms with van der Waals surface area (Å²) in [5.74, 6) is 0. The molecule has 15 heavy (non-hydrogen) atoms. The van der Waals surface area contributed by atoms with Gasteiger partial charge in [-0.05, 0) is 24.7 Å². The minimum atomic E-state index is 0.385. The van der Waals surface area contributed by atoms with Crippen LogP contribution in [0.2, 0.25) is 0 Å². The van der Waals surface area contributed by atoms with Gasteiger partial charge >= 0.3 is 0 Å². The van der Waals surface area contributed by atoms with Crippen molar-refractivity contribution in [2.75, 3.05) is 6.54 Å². The summed E-state index contributed by atoms with van der Waals surface area (Å²) in [6, 6.07) is 0.950. The van der Waals surface area contributed by atoms with Gasteiger partial charge in [0.05, 0.1) is 0 Å². The Morgan fingerprint density at radius 1 is 1.27 bits per heavy atom. The van der Waals surface area contributed by atoms with E-state index in [4.69, 9.17) is 5.73 Å². The molecule has 0 heterocycles. The Bertz CT molecular complexity index is 177. The summed E-state index contributed by atoms with van der Waals surface area (Å²) in [4.78, 5) is 0. The third-order valence-electron chi connectivity index (χ3n) is 3.59. The van der Waals surface area contributed by atoms with Crippen LogP contribution in [0.3, 0.4) is 0 Å². The Morgan fingerprint density at radius 2 is 1.93 bits per heavy atom. The largest absolute Gasteiger partial charge is 0.326 e. The minimum absolute atomic E-state index is 0.385. The van der Waals surface area contributed by atoms with E-state index in [1.54, 1.807) is 0 Å². The SMILES string of the molecule is CCCC(C)(C)CNC1CCCCC1N. The quantitative estimate of drug-likeness (QED) is 0.735. The second kappa shape index (κ2) is 5.86. The average molecular weight is 212 g/mol. The van der Waals surface area contributed by atoms with Crippen molar-refractivity contribution < 1.29 is 0 Å². The first kappa shape index (κ1) is 13.0. The Kier molecular flexibility index (Phi) is 5.07. The van der Waals surface area contributed by atoms with Gasteiger partial charge < -0.3 is 11.1 Å². The molecule has 90 valence electrons. The highest BCUT2D eigenvalue weighted by molar-refractivity contribution is 4.85. The molecule has 0 saturated heterocycles. The predicted molar refractivity (Wildman–Crippen MR) is 66.9 cm³/mol. The lowest BCUT2D eigenvalue weighted by atomic mass is 9.86. The molecular formula is C13H28N2. The van der Waals surface area contributed by atoms with Crippen LogP contribution in [0.4, 0.5) is 0 Å². The summed E-state index contributed by atoms with van der Waals surface area (Å²) in [7, 11) is 0. The Morgan fingerprint density at radius 3 is 2.53 bits per heavy atom. The standard InChI is InChI=1S/C13H28N2/c1-4-9-13(2,3)10-15-12-8-6-5-7-11(12)14/h11-12,15H,4-10,14H2,1-3H3. The first-order chi connectivity index (χ1) is 7.05. The molecule has 1 aliphatic rings. The average Bonchev–Trinajstić information content (AvgIpc) is 2.16. The fourth-order valence-corrected chi connectivity index (χ4v) is 2.59. The summed E-state index contributed by atoms with van der Waals surface area (Å²) in [6.07, 6.45) is 7.69. The van der Waals surface area contributed by atoms with Gasteiger partial charge in [-0.1, -0.05) is 40.0 Å². The molecule has 1 fully saturated rings. The van der Waals surface area contributed by atoms with Crippen molar-refractivity contribution in [3.05, 3.63) is 0 Å². The Hall–Kier alpha value is -0.0800. The monoisotopic (exact) mass is 212 g/mol. The fourth-order valence-electron chi connectivity index (χ4n) is 2.59. The maximum atomic E-state index is 6.12. The Balaban J connectivity index is 2.28. The molecule has 1 aliphatic carbocycles. The lowest BCUT2D eigenvalue weighted by Gasteiger charge is -2.33. The third kappa shape index (κ3) is 4.52.